The van der Waals surface area contributed by atoms with Crippen LogP contribution in [0.3, 0.4) is 0 Å². The lowest BCUT2D eigenvalue weighted by Gasteiger charge is -2.33. The normalized spacial score (nSPS) is 13.9. The molecule has 5 rings (SSSR count). The highest BCUT2D eigenvalue weighted by Gasteiger charge is 2.19. The third-order valence-electron chi connectivity index (χ3n) is 6.77. The Morgan fingerprint density at radius 1 is 1.09 bits per heavy atom. The Kier molecular flexibility index (Phi) is 5.98. The van der Waals surface area contributed by atoms with Crippen LogP contribution in [0.25, 0.3) is 32.9 Å². The molecule has 0 radical (unpaired) electrons. The van der Waals surface area contributed by atoms with Gasteiger partial charge in [-0.2, -0.15) is 0 Å². The molecule has 4 aromatic rings. The van der Waals surface area contributed by atoms with Crippen molar-refractivity contribution >= 4 is 33.3 Å². The minimum atomic E-state index is 0.569. The first-order chi connectivity index (χ1) is 16.6. The standard InChI is InChI=1S/C30H28N4/c1-3-4-5-6-7-10-22-15-17-34(18-16-22)24-14-13-23-19-26(30(31)32-28(23)20-24)27-21-33(2)29-12-9-8-11-25(27)29/h7-9,11-14,19-22H,1,10,15-18H2,2H3,(H2,31,32). The van der Waals surface area contributed by atoms with Crippen molar-refractivity contribution in [2.75, 3.05) is 23.7 Å². The average Bonchev–Trinajstić information content (AvgIpc) is 3.20. The molecule has 1 aliphatic rings. The molecular formula is C30H28N4. The fourth-order valence-electron chi connectivity index (χ4n) is 4.92. The van der Waals surface area contributed by atoms with Gasteiger partial charge in [0.05, 0.1) is 5.52 Å². The molecule has 4 heteroatoms. The Hall–Kier alpha value is -4.15. The molecule has 0 amide bonds. The Morgan fingerprint density at radius 2 is 1.91 bits per heavy atom. The summed E-state index contributed by atoms with van der Waals surface area (Å²) < 4.78 is 2.14. The van der Waals surface area contributed by atoms with Crippen molar-refractivity contribution in [1.29, 1.82) is 0 Å². The van der Waals surface area contributed by atoms with Crippen molar-refractivity contribution < 1.29 is 0 Å². The van der Waals surface area contributed by atoms with Gasteiger partial charge in [0.15, 0.2) is 0 Å². The molecule has 0 atom stereocenters. The largest absolute Gasteiger partial charge is 0.383 e. The van der Waals surface area contributed by atoms with E-state index in [4.69, 9.17) is 10.7 Å². The number of nitrogen functional groups attached to an aromatic ring is 1. The number of anilines is 2. The average molecular weight is 445 g/mol. The zero-order chi connectivity index (χ0) is 23.5. The summed E-state index contributed by atoms with van der Waals surface area (Å²) in [6, 6.07) is 17.1. The van der Waals surface area contributed by atoms with Gasteiger partial charge in [-0.1, -0.05) is 35.7 Å². The van der Waals surface area contributed by atoms with E-state index in [2.05, 4.69) is 101 Å². The Bertz CT molecular complexity index is 1530. The van der Waals surface area contributed by atoms with E-state index >= 15 is 0 Å². The SMILES string of the molecule is C=C=C=C=C=CCC1CCN(c2ccc3cc(-c4cn(C)c5ccccc45)c(N)nc3c2)CC1. The summed E-state index contributed by atoms with van der Waals surface area (Å²) in [4.78, 5) is 7.26. The van der Waals surface area contributed by atoms with E-state index < -0.39 is 0 Å². The Balaban J connectivity index is 1.37. The van der Waals surface area contributed by atoms with Crippen LogP contribution in [0.2, 0.25) is 0 Å². The summed E-state index contributed by atoms with van der Waals surface area (Å²) in [6.45, 7) is 5.55. The van der Waals surface area contributed by atoms with Gasteiger partial charge < -0.3 is 15.2 Å². The van der Waals surface area contributed by atoms with Crippen molar-refractivity contribution in [2.24, 2.45) is 13.0 Å². The van der Waals surface area contributed by atoms with E-state index in [0.29, 0.717) is 11.7 Å². The van der Waals surface area contributed by atoms with Gasteiger partial charge in [0.1, 0.15) is 5.82 Å². The monoisotopic (exact) mass is 444 g/mol. The van der Waals surface area contributed by atoms with Crippen molar-refractivity contribution in [3.8, 4) is 11.1 Å². The van der Waals surface area contributed by atoms with Crippen LogP contribution < -0.4 is 10.6 Å². The molecule has 34 heavy (non-hydrogen) atoms. The highest BCUT2D eigenvalue weighted by atomic mass is 15.1. The van der Waals surface area contributed by atoms with E-state index in [9.17, 15) is 0 Å². The number of allylic oxidation sites excluding steroid dienone is 1. The lowest BCUT2D eigenvalue weighted by atomic mass is 9.93. The number of rotatable bonds is 4. The number of piperidine rings is 1. The third-order valence-corrected chi connectivity index (χ3v) is 6.77. The predicted octanol–water partition coefficient (Wildman–Crippen LogP) is 6.39. The Morgan fingerprint density at radius 3 is 2.74 bits per heavy atom. The molecular weight excluding hydrogens is 416 g/mol. The number of para-hydroxylation sites is 1. The molecule has 3 heterocycles. The van der Waals surface area contributed by atoms with Crippen molar-refractivity contribution in [2.45, 2.75) is 19.3 Å². The molecule has 2 aromatic carbocycles. The summed E-state index contributed by atoms with van der Waals surface area (Å²) in [5, 5.41) is 2.30. The lowest BCUT2D eigenvalue weighted by molar-refractivity contribution is 0.410. The van der Waals surface area contributed by atoms with Crippen LogP contribution in [0.4, 0.5) is 11.5 Å². The van der Waals surface area contributed by atoms with Crippen LogP contribution in [0.15, 0.2) is 90.3 Å². The quantitative estimate of drug-likeness (QED) is 0.371. The number of hydrogen-bond acceptors (Lipinski definition) is 3. The number of hydrogen-bond donors (Lipinski definition) is 1. The molecule has 4 nitrogen and oxygen atoms in total. The van der Waals surface area contributed by atoms with Gasteiger partial charge in [0.25, 0.3) is 0 Å². The maximum absolute atomic E-state index is 6.48. The van der Waals surface area contributed by atoms with Gasteiger partial charge in [0, 0.05) is 59.4 Å². The minimum Gasteiger partial charge on any atom is -0.383 e. The molecule has 2 aromatic heterocycles. The van der Waals surface area contributed by atoms with Crippen molar-refractivity contribution in [3.63, 3.8) is 0 Å². The molecule has 0 aliphatic carbocycles. The molecule has 0 saturated carbocycles. The van der Waals surface area contributed by atoms with E-state index in [-0.39, 0.29) is 0 Å². The first-order valence-electron chi connectivity index (χ1n) is 11.7. The second kappa shape index (κ2) is 9.38. The molecule has 1 saturated heterocycles. The van der Waals surface area contributed by atoms with Crippen molar-refractivity contribution in [1.82, 2.24) is 9.55 Å². The smallest absolute Gasteiger partial charge is 0.132 e. The number of aromatic nitrogens is 2. The number of benzene rings is 2. The van der Waals surface area contributed by atoms with Gasteiger partial charge in [-0.05, 0) is 73.6 Å². The van der Waals surface area contributed by atoms with Crippen LogP contribution >= 0.6 is 0 Å². The summed E-state index contributed by atoms with van der Waals surface area (Å²) in [6.07, 6.45) is 7.52. The maximum Gasteiger partial charge on any atom is 0.132 e. The van der Waals surface area contributed by atoms with Gasteiger partial charge in [0.2, 0.25) is 0 Å². The summed E-state index contributed by atoms with van der Waals surface area (Å²) in [5.41, 5.74) is 23.0. The number of fused-ring (bicyclic) bond motifs is 2. The summed E-state index contributed by atoms with van der Waals surface area (Å²) >= 11 is 0. The number of pyridine rings is 1. The molecule has 2 N–H and O–H groups in total. The highest BCUT2D eigenvalue weighted by Crippen LogP contribution is 2.36. The Labute approximate surface area is 200 Å². The third kappa shape index (κ3) is 4.24. The number of nitrogens with two attached hydrogens (primary N) is 1. The zero-order valence-electron chi connectivity index (χ0n) is 19.5. The topological polar surface area (TPSA) is 47.1 Å². The lowest BCUT2D eigenvalue weighted by Crippen LogP contribution is -2.33. The highest BCUT2D eigenvalue weighted by molar-refractivity contribution is 6.01. The van der Waals surface area contributed by atoms with E-state index in [0.717, 1.165) is 54.4 Å². The van der Waals surface area contributed by atoms with Crippen LogP contribution in [0.5, 0.6) is 0 Å². The molecule has 1 aliphatic heterocycles. The van der Waals surface area contributed by atoms with Crippen LogP contribution in [-0.4, -0.2) is 22.6 Å². The van der Waals surface area contributed by atoms with Crippen LogP contribution in [-0.2, 0) is 7.05 Å². The first kappa shape index (κ1) is 21.7. The number of aryl methyl sites for hydroxylation is 1. The van der Waals surface area contributed by atoms with Gasteiger partial charge in [-0.15, -0.1) is 0 Å². The van der Waals surface area contributed by atoms with Crippen LogP contribution in [0.1, 0.15) is 19.3 Å². The predicted molar refractivity (Wildman–Crippen MR) is 142 cm³/mol. The second-order valence-electron chi connectivity index (χ2n) is 8.91. The fraction of sp³-hybridized carbons (Fsp3) is 0.233. The van der Waals surface area contributed by atoms with E-state index in [1.54, 1.807) is 0 Å². The molecule has 0 spiro atoms. The van der Waals surface area contributed by atoms with Gasteiger partial charge in [-0.3, -0.25) is 0 Å². The summed E-state index contributed by atoms with van der Waals surface area (Å²) in [5.74, 6) is 1.25. The molecule has 0 unspecified atom stereocenters. The number of nitrogens with zero attached hydrogens (tertiary/aromatic N) is 3. The fourth-order valence-corrected chi connectivity index (χ4v) is 4.92. The van der Waals surface area contributed by atoms with E-state index in [1.807, 2.05) is 6.08 Å². The molecule has 0 bridgehead atoms. The molecule has 168 valence electrons. The molecule has 1 fully saturated rings. The first-order valence-corrected chi connectivity index (χ1v) is 11.7. The zero-order valence-corrected chi connectivity index (χ0v) is 19.5. The maximum atomic E-state index is 6.48. The van der Waals surface area contributed by atoms with Crippen LogP contribution in [0, 0.1) is 5.92 Å². The van der Waals surface area contributed by atoms with Gasteiger partial charge in [-0.25, -0.2) is 4.98 Å². The van der Waals surface area contributed by atoms with Gasteiger partial charge >= 0.3 is 0 Å². The minimum absolute atomic E-state index is 0.569. The summed E-state index contributed by atoms with van der Waals surface area (Å²) in [7, 11) is 2.07. The van der Waals surface area contributed by atoms with Crippen molar-refractivity contribution in [3.05, 3.63) is 90.3 Å². The second-order valence-corrected chi connectivity index (χ2v) is 8.91. The van der Waals surface area contributed by atoms with E-state index in [1.165, 1.54) is 16.6 Å².